The van der Waals surface area contributed by atoms with Crippen LogP contribution >= 0.6 is 0 Å². The van der Waals surface area contributed by atoms with E-state index in [-0.39, 0.29) is 18.6 Å². The van der Waals surface area contributed by atoms with Crippen LogP contribution in [0.5, 0.6) is 0 Å². The molecule has 0 saturated carbocycles. The summed E-state index contributed by atoms with van der Waals surface area (Å²) < 4.78 is 17.3. The molecule has 0 spiro atoms. The number of likely N-dealkylation sites (tertiary alicyclic amines) is 1. The molecule has 9 heteroatoms. The van der Waals surface area contributed by atoms with E-state index >= 15 is 0 Å². The van der Waals surface area contributed by atoms with Crippen molar-refractivity contribution in [3.05, 3.63) is 29.7 Å². The van der Waals surface area contributed by atoms with Gasteiger partial charge in [0.2, 0.25) is 0 Å². The van der Waals surface area contributed by atoms with Gasteiger partial charge in [0.05, 0.1) is 19.3 Å². The first-order valence-corrected chi connectivity index (χ1v) is 8.96. The van der Waals surface area contributed by atoms with Crippen LogP contribution in [0.15, 0.2) is 16.8 Å². The van der Waals surface area contributed by atoms with Crippen LogP contribution in [0.25, 0.3) is 0 Å². The van der Waals surface area contributed by atoms with E-state index in [1.807, 2.05) is 13.1 Å². The summed E-state index contributed by atoms with van der Waals surface area (Å²) in [5.41, 5.74) is 0.449. The van der Waals surface area contributed by atoms with Crippen molar-refractivity contribution in [2.24, 2.45) is 0 Å². The SMILES string of the molecule is CCn1ccc(C(=O)N2CCCCC2c2noc(COCCOC)n2)n1. The summed E-state index contributed by atoms with van der Waals surface area (Å²) in [5, 5.41) is 8.39. The average molecular weight is 363 g/mol. The summed E-state index contributed by atoms with van der Waals surface area (Å²) in [5.74, 6) is 0.840. The molecular weight excluding hydrogens is 338 g/mol. The van der Waals surface area contributed by atoms with Crippen LogP contribution in [0, 0.1) is 0 Å². The maximum Gasteiger partial charge on any atom is 0.274 e. The van der Waals surface area contributed by atoms with E-state index < -0.39 is 0 Å². The van der Waals surface area contributed by atoms with Crippen molar-refractivity contribution in [3.8, 4) is 0 Å². The van der Waals surface area contributed by atoms with Crippen LogP contribution in [-0.2, 0) is 22.6 Å². The molecule has 0 aliphatic carbocycles. The Bertz CT molecular complexity index is 714. The summed E-state index contributed by atoms with van der Waals surface area (Å²) in [6.07, 6.45) is 4.60. The van der Waals surface area contributed by atoms with Crippen molar-refractivity contribution in [1.29, 1.82) is 0 Å². The normalized spacial score (nSPS) is 17.6. The number of carbonyl (C=O) groups is 1. The number of aryl methyl sites for hydroxylation is 1. The summed E-state index contributed by atoms with van der Waals surface area (Å²) in [6, 6.07) is 1.56. The predicted molar refractivity (Wildman–Crippen MR) is 91.4 cm³/mol. The molecule has 142 valence electrons. The maximum atomic E-state index is 12.9. The Kier molecular flexibility index (Phi) is 6.35. The molecule has 1 unspecified atom stereocenters. The van der Waals surface area contributed by atoms with Gasteiger partial charge in [-0.05, 0) is 32.3 Å². The fraction of sp³-hybridized carbons (Fsp3) is 0.647. The fourth-order valence-electron chi connectivity index (χ4n) is 3.01. The van der Waals surface area contributed by atoms with E-state index in [4.69, 9.17) is 14.0 Å². The van der Waals surface area contributed by atoms with Crippen molar-refractivity contribution < 1.29 is 18.8 Å². The van der Waals surface area contributed by atoms with Gasteiger partial charge in [0.1, 0.15) is 12.3 Å². The van der Waals surface area contributed by atoms with Crippen molar-refractivity contribution in [2.45, 2.75) is 45.4 Å². The molecule has 1 aliphatic heterocycles. The molecule has 0 N–H and O–H groups in total. The lowest BCUT2D eigenvalue weighted by Crippen LogP contribution is -2.39. The Hall–Kier alpha value is -2.26. The van der Waals surface area contributed by atoms with Crippen LogP contribution in [0.4, 0.5) is 0 Å². The number of hydrogen-bond donors (Lipinski definition) is 0. The van der Waals surface area contributed by atoms with Crippen LogP contribution < -0.4 is 0 Å². The van der Waals surface area contributed by atoms with E-state index in [1.165, 1.54) is 0 Å². The number of piperidine rings is 1. The third kappa shape index (κ3) is 4.28. The molecule has 1 saturated heterocycles. The Morgan fingerprint density at radius 1 is 1.38 bits per heavy atom. The Labute approximate surface area is 152 Å². The quantitative estimate of drug-likeness (QED) is 0.660. The highest BCUT2D eigenvalue weighted by atomic mass is 16.5. The van der Waals surface area contributed by atoms with E-state index in [9.17, 15) is 4.79 Å². The van der Waals surface area contributed by atoms with E-state index in [2.05, 4.69) is 15.2 Å². The van der Waals surface area contributed by atoms with Crippen molar-refractivity contribution in [2.75, 3.05) is 26.9 Å². The molecular formula is C17H25N5O4. The molecule has 1 fully saturated rings. The van der Waals surface area contributed by atoms with Crippen molar-refractivity contribution in [1.82, 2.24) is 24.8 Å². The van der Waals surface area contributed by atoms with Crippen molar-refractivity contribution >= 4 is 5.91 Å². The number of carbonyl (C=O) groups excluding carboxylic acids is 1. The maximum absolute atomic E-state index is 12.9. The van der Waals surface area contributed by atoms with Crippen molar-refractivity contribution in [3.63, 3.8) is 0 Å². The largest absolute Gasteiger partial charge is 0.382 e. The Morgan fingerprint density at radius 2 is 2.27 bits per heavy atom. The number of aromatic nitrogens is 4. The van der Waals surface area contributed by atoms with Crippen LogP contribution in [0.1, 0.15) is 54.4 Å². The molecule has 1 amide bonds. The topological polar surface area (TPSA) is 95.5 Å². The first-order chi connectivity index (χ1) is 12.7. The smallest absolute Gasteiger partial charge is 0.274 e. The number of nitrogens with zero attached hydrogens (tertiary/aromatic N) is 5. The second-order valence-electron chi connectivity index (χ2n) is 6.16. The summed E-state index contributed by atoms with van der Waals surface area (Å²) in [6.45, 7) is 4.59. The molecule has 3 rings (SSSR count). The summed E-state index contributed by atoms with van der Waals surface area (Å²) in [4.78, 5) is 19.1. The Morgan fingerprint density at radius 3 is 3.04 bits per heavy atom. The highest BCUT2D eigenvalue weighted by Crippen LogP contribution is 2.30. The first-order valence-electron chi connectivity index (χ1n) is 8.96. The van der Waals surface area contributed by atoms with E-state index in [1.54, 1.807) is 22.8 Å². The van der Waals surface area contributed by atoms with Crippen LogP contribution in [0.3, 0.4) is 0 Å². The molecule has 0 aromatic carbocycles. The molecule has 2 aromatic rings. The van der Waals surface area contributed by atoms with Gasteiger partial charge in [-0.15, -0.1) is 0 Å². The standard InChI is InChI=1S/C17H25N5O4/c1-3-21-9-7-13(19-21)17(23)22-8-5-4-6-14(22)16-18-15(26-20-16)12-25-11-10-24-2/h7,9,14H,3-6,8,10-12H2,1-2H3. The zero-order valence-electron chi connectivity index (χ0n) is 15.3. The number of rotatable bonds is 8. The minimum absolute atomic E-state index is 0.0930. The second-order valence-corrected chi connectivity index (χ2v) is 6.16. The summed E-state index contributed by atoms with van der Waals surface area (Å²) >= 11 is 0. The molecule has 9 nitrogen and oxygen atoms in total. The third-order valence-electron chi connectivity index (χ3n) is 4.39. The molecule has 3 heterocycles. The monoisotopic (exact) mass is 363 g/mol. The van der Waals surface area contributed by atoms with Gasteiger partial charge in [-0.25, -0.2) is 0 Å². The fourth-order valence-corrected chi connectivity index (χ4v) is 3.01. The van der Waals surface area contributed by atoms with Gasteiger partial charge in [-0.2, -0.15) is 10.1 Å². The predicted octanol–water partition coefficient (Wildman–Crippen LogP) is 1.82. The zero-order chi connectivity index (χ0) is 18.4. The number of amides is 1. The van der Waals surface area contributed by atoms with Gasteiger partial charge in [0, 0.05) is 26.4 Å². The van der Waals surface area contributed by atoms with Crippen LogP contribution in [-0.4, -0.2) is 57.6 Å². The lowest BCUT2D eigenvalue weighted by Gasteiger charge is -2.33. The number of ether oxygens (including phenoxy) is 2. The first kappa shape index (κ1) is 18.5. The zero-order valence-corrected chi connectivity index (χ0v) is 15.3. The van der Waals surface area contributed by atoms with Crippen LogP contribution in [0.2, 0.25) is 0 Å². The van der Waals surface area contributed by atoms with E-state index in [0.29, 0.717) is 37.2 Å². The molecule has 1 aliphatic rings. The second kappa shape index (κ2) is 8.91. The third-order valence-corrected chi connectivity index (χ3v) is 4.39. The lowest BCUT2D eigenvalue weighted by atomic mass is 10.0. The highest BCUT2D eigenvalue weighted by Gasteiger charge is 2.33. The Balaban J connectivity index is 1.68. The summed E-state index contributed by atoms with van der Waals surface area (Å²) in [7, 11) is 1.62. The molecule has 0 radical (unpaired) electrons. The molecule has 1 atom stereocenters. The molecule has 26 heavy (non-hydrogen) atoms. The molecule has 0 bridgehead atoms. The minimum atomic E-state index is -0.195. The van der Waals surface area contributed by atoms with Gasteiger partial charge in [-0.3, -0.25) is 9.48 Å². The highest BCUT2D eigenvalue weighted by molar-refractivity contribution is 5.92. The number of hydrogen-bond acceptors (Lipinski definition) is 7. The van der Waals surface area contributed by atoms with Gasteiger partial charge >= 0.3 is 0 Å². The van der Waals surface area contributed by atoms with Gasteiger partial charge in [-0.1, -0.05) is 5.16 Å². The van der Waals surface area contributed by atoms with Gasteiger partial charge < -0.3 is 18.9 Å². The average Bonchev–Trinajstić information content (AvgIpc) is 3.34. The van der Waals surface area contributed by atoms with E-state index in [0.717, 1.165) is 25.8 Å². The van der Waals surface area contributed by atoms with Gasteiger partial charge in [0.15, 0.2) is 5.82 Å². The lowest BCUT2D eigenvalue weighted by molar-refractivity contribution is 0.0494. The van der Waals surface area contributed by atoms with Gasteiger partial charge in [0.25, 0.3) is 11.8 Å². The minimum Gasteiger partial charge on any atom is -0.382 e. The molecule has 2 aromatic heterocycles. The number of methoxy groups -OCH3 is 1.